The Balaban J connectivity index is 1.64. The third-order valence-corrected chi connectivity index (χ3v) is 6.04. The number of imide groups is 1. The van der Waals surface area contributed by atoms with Crippen molar-refractivity contribution in [1.82, 2.24) is 9.80 Å². The summed E-state index contributed by atoms with van der Waals surface area (Å²) in [5.41, 5.74) is 2.65. The summed E-state index contributed by atoms with van der Waals surface area (Å²) < 4.78 is 16.3. The third kappa shape index (κ3) is 4.73. The average Bonchev–Trinajstić information content (AvgIpc) is 3.07. The largest absolute Gasteiger partial charge is 0.497 e. The van der Waals surface area contributed by atoms with E-state index in [1.54, 1.807) is 14.2 Å². The fraction of sp³-hybridized carbons (Fsp3) is 0.385. The summed E-state index contributed by atoms with van der Waals surface area (Å²) in [5.74, 6) is 0.956. The van der Waals surface area contributed by atoms with Gasteiger partial charge in [-0.1, -0.05) is 24.3 Å². The van der Waals surface area contributed by atoms with Gasteiger partial charge in [0.05, 0.1) is 32.0 Å². The van der Waals surface area contributed by atoms with E-state index in [2.05, 4.69) is 0 Å². The molecule has 33 heavy (non-hydrogen) atoms. The first-order valence-electron chi connectivity index (χ1n) is 11.2. The Kier molecular flexibility index (Phi) is 6.70. The number of rotatable bonds is 7. The van der Waals surface area contributed by atoms with Crippen molar-refractivity contribution in [3.63, 3.8) is 0 Å². The lowest BCUT2D eigenvalue weighted by Crippen LogP contribution is -2.47. The standard InChI is InChI=1S/C26H30N2O5/c1-17-15-27(16-18(2)33-17)24-23(20-7-11-22(32-4)12-8-20)25(29)28(26(24)30)14-13-19-5-9-21(31-3)10-6-19/h5-12,17-18H,13-16H2,1-4H3. The van der Waals surface area contributed by atoms with E-state index in [9.17, 15) is 9.59 Å². The van der Waals surface area contributed by atoms with E-state index in [4.69, 9.17) is 14.2 Å². The van der Waals surface area contributed by atoms with Crippen LogP contribution in [0, 0.1) is 0 Å². The van der Waals surface area contributed by atoms with Crippen molar-refractivity contribution in [3.05, 3.63) is 65.4 Å². The number of hydrogen-bond donors (Lipinski definition) is 0. The maximum absolute atomic E-state index is 13.6. The van der Waals surface area contributed by atoms with Gasteiger partial charge in [-0.05, 0) is 55.7 Å². The molecule has 0 bridgehead atoms. The first-order valence-corrected chi connectivity index (χ1v) is 11.2. The van der Waals surface area contributed by atoms with Gasteiger partial charge < -0.3 is 19.1 Å². The molecule has 1 fully saturated rings. The summed E-state index contributed by atoms with van der Waals surface area (Å²) in [6.07, 6.45) is 0.504. The second kappa shape index (κ2) is 9.67. The number of methoxy groups -OCH3 is 2. The van der Waals surface area contributed by atoms with Crippen LogP contribution in [0.25, 0.3) is 5.57 Å². The van der Waals surface area contributed by atoms with Crippen molar-refractivity contribution >= 4 is 17.4 Å². The van der Waals surface area contributed by atoms with Crippen LogP contribution in [0.5, 0.6) is 11.5 Å². The van der Waals surface area contributed by atoms with Crippen LogP contribution in [-0.4, -0.2) is 67.7 Å². The lowest BCUT2D eigenvalue weighted by molar-refractivity contribution is -0.138. The topological polar surface area (TPSA) is 68.3 Å². The summed E-state index contributed by atoms with van der Waals surface area (Å²) in [7, 11) is 3.22. The zero-order valence-corrected chi connectivity index (χ0v) is 19.5. The Labute approximate surface area is 194 Å². The minimum absolute atomic E-state index is 0.0328. The van der Waals surface area contributed by atoms with Crippen molar-refractivity contribution in [3.8, 4) is 11.5 Å². The molecule has 1 saturated heterocycles. The van der Waals surface area contributed by atoms with Gasteiger partial charge in [0.15, 0.2) is 0 Å². The van der Waals surface area contributed by atoms with Gasteiger partial charge in [0.25, 0.3) is 11.8 Å². The van der Waals surface area contributed by atoms with E-state index in [0.29, 0.717) is 48.6 Å². The van der Waals surface area contributed by atoms with E-state index < -0.39 is 0 Å². The molecule has 7 nitrogen and oxygen atoms in total. The smallest absolute Gasteiger partial charge is 0.277 e. The first-order chi connectivity index (χ1) is 15.9. The van der Waals surface area contributed by atoms with E-state index >= 15 is 0 Å². The first kappa shape index (κ1) is 22.9. The molecule has 0 aromatic heterocycles. The maximum atomic E-state index is 13.6. The van der Waals surface area contributed by atoms with Crippen molar-refractivity contribution in [2.24, 2.45) is 0 Å². The molecular weight excluding hydrogens is 420 g/mol. The minimum Gasteiger partial charge on any atom is -0.497 e. The highest BCUT2D eigenvalue weighted by atomic mass is 16.5. The van der Waals surface area contributed by atoms with Gasteiger partial charge in [-0.15, -0.1) is 0 Å². The van der Waals surface area contributed by atoms with E-state index in [-0.39, 0.29) is 24.0 Å². The minimum atomic E-state index is -0.263. The summed E-state index contributed by atoms with van der Waals surface area (Å²) >= 11 is 0. The molecule has 0 radical (unpaired) electrons. The number of carbonyl (C=O) groups excluding carboxylic acids is 2. The molecule has 2 aromatic rings. The van der Waals surface area contributed by atoms with Crippen LogP contribution in [0.2, 0.25) is 0 Å². The number of amides is 2. The zero-order valence-electron chi connectivity index (χ0n) is 19.5. The van der Waals surface area contributed by atoms with Crippen LogP contribution in [0.4, 0.5) is 0 Å². The van der Waals surface area contributed by atoms with Crippen LogP contribution in [-0.2, 0) is 20.7 Å². The Morgan fingerprint density at radius 2 is 1.39 bits per heavy atom. The molecule has 2 atom stereocenters. The normalized spacial score (nSPS) is 21.1. The highest BCUT2D eigenvalue weighted by Crippen LogP contribution is 2.34. The number of nitrogens with zero attached hydrogens (tertiary/aromatic N) is 2. The number of morpholine rings is 1. The van der Waals surface area contributed by atoms with Gasteiger partial charge in [-0.2, -0.15) is 0 Å². The van der Waals surface area contributed by atoms with Crippen molar-refractivity contribution < 1.29 is 23.8 Å². The van der Waals surface area contributed by atoms with Crippen LogP contribution in [0.15, 0.2) is 54.2 Å². The highest BCUT2D eigenvalue weighted by Gasteiger charge is 2.42. The summed E-state index contributed by atoms with van der Waals surface area (Å²) in [6.45, 7) is 5.40. The van der Waals surface area contributed by atoms with Gasteiger partial charge >= 0.3 is 0 Å². The highest BCUT2D eigenvalue weighted by molar-refractivity contribution is 6.35. The van der Waals surface area contributed by atoms with Gasteiger partial charge in [0, 0.05) is 19.6 Å². The average molecular weight is 451 g/mol. The Morgan fingerprint density at radius 3 is 1.94 bits per heavy atom. The van der Waals surface area contributed by atoms with Crippen LogP contribution >= 0.6 is 0 Å². The van der Waals surface area contributed by atoms with Crippen LogP contribution in [0.1, 0.15) is 25.0 Å². The molecule has 2 unspecified atom stereocenters. The second-order valence-corrected chi connectivity index (χ2v) is 8.47. The monoisotopic (exact) mass is 450 g/mol. The number of carbonyl (C=O) groups is 2. The molecule has 0 saturated carbocycles. The van der Waals surface area contributed by atoms with Crippen LogP contribution < -0.4 is 9.47 Å². The summed E-state index contributed by atoms with van der Waals surface area (Å²) in [4.78, 5) is 30.5. The predicted octanol–water partition coefficient (Wildman–Crippen LogP) is 3.14. The predicted molar refractivity (Wildman–Crippen MR) is 125 cm³/mol. The molecule has 0 aliphatic carbocycles. The van der Waals surface area contributed by atoms with Gasteiger partial charge in [0.1, 0.15) is 17.2 Å². The third-order valence-electron chi connectivity index (χ3n) is 6.04. The molecule has 0 N–H and O–H groups in total. The molecular formula is C26H30N2O5. The van der Waals surface area contributed by atoms with Crippen LogP contribution in [0.3, 0.4) is 0 Å². The van der Waals surface area contributed by atoms with Crippen molar-refractivity contribution in [2.75, 3.05) is 33.9 Å². The summed E-state index contributed by atoms with van der Waals surface area (Å²) in [5, 5.41) is 0. The summed E-state index contributed by atoms with van der Waals surface area (Å²) in [6, 6.07) is 14.9. The second-order valence-electron chi connectivity index (χ2n) is 8.47. The SMILES string of the molecule is COc1ccc(CCN2C(=O)C(c3ccc(OC)cc3)=C(N3CC(C)OC(C)C3)C2=O)cc1. The molecule has 2 heterocycles. The van der Waals surface area contributed by atoms with E-state index in [1.165, 1.54) is 4.90 Å². The molecule has 174 valence electrons. The quantitative estimate of drug-likeness (QED) is 0.604. The lowest BCUT2D eigenvalue weighted by atomic mass is 10.0. The fourth-order valence-corrected chi connectivity index (χ4v) is 4.47. The van der Waals surface area contributed by atoms with Crippen molar-refractivity contribution in [1.29, 1.82) is 0 Å². The Morgan fingerprint density at radius 1 is 0.848 bits per heavy atom. The molecule has 2 aliphatic rings. The van der Waals surface area contributed by atoms with E-state index in [0.717, 1.165) is 11.3 Å². The Hall–Kier alpha value is -3.32. The molecule has 0 spiro atoms. The Bertz CT molecular complexity index is 1040. The lowest BCUT2D eigenvalue weighted by Gasteiger charge is -2.37. The zero-order chi connectivity index (χ0) is 23.5. The molecule has 2 aromatic carbocycles. The van der Waals surface area contributed by atoms with Gasteiger partial charge in [-0.3, -0.25) is 14.5 Å². The molecule has 4 rings (SSSR count). The molecule has 2 amide bonds. The molecule has 2 aliphatic heterocycles. The fourth-order valence-electron chi connectivity index (χ4n) is 4.47. The van der Waals surface area contributed by atoms with E-state index in [1.807, 2.05) is 67.3 Å². The van der Waals surface area contributed by atoms with Gasteiger partial charge in [-0.25, -0.2) is 0 Å². The van der Waals surface area contributed by atoms with Crippen molar-refractivity contribution in [2.45, 2.75) is 32.5 Å². The maximum Gasteiger partial charge on any atom is 0.277 e. The number of hydrogen-bond acceptors (Lipinski definition) is 6. The number of ether oxygens (including phenoxy) is 3. The van der Waals surface area contributed by atoms with Gasteiger partial charge in [0.2, 0.25) is 0 Å². The molecule has 7 heteroatoms. The number of benzene rings is 2.